The predicted octanol–water partition coefficient (Wildman–Crippen LogP) is 2.34. The van der Waals surface area contributed by atoms with Crippen molar-refractivity contribution in [1.29, 1.82) is 0 Å². The van der Waals surface area contributed by atoms with E-state index in [4.69, 9.17) is 11.6 Å². The van der Waals surface area contributed by atoms with Crippen molar-refractivity contribution in [2.45, 2.75) is 6.92 Å². The van der Waals surface area contributed by atoms with E-state index in [1.54, 1.807) is 6.07 Å². The van der Waals surface area contributed by atoms with Gasteiger partial charge in [-0.3, -0.25) is 4.79 Å². The molecule has 0 atom stereocenters. The fourth-order valence-electron chi connectivity index (χ4n) is 0.824. The molecular formula is C9H10ClNO. The second kappa shape index (κ2) is 4.12. The number of rotatable bonds is 3. The van der Waals surface area contributed by atoms with Crippen molar-refractivity contribution in [3.8, 4) is 0 Å². The van der Waals surface area contributed by atoms with E-state index in [-0.39, 0.29) is 5.78 Å². The first-order chi connectivity index (χ1) is 5.70. The van der Waals surface area contributed by atoms with Gasteiger partial charge in [-0.15, -0.1) is 0 Å². The molecule has 0 unspecified atom stereocenters. The SMILES string of the molecule is CC(=O)CNc1ccccc1Cl. The number of Topliss-reactive ketones (excluding diaryl/α,β-unsaturated/α-hetero) is 1. The van der Waals surface area contributed by atoms with Gasteiger partial charge in [0.05, 0.1) is 17.3 Å². The number of carbonyl (C=O) groups is 1. The van der Waals surface area contributed by atoms with Gasteiger partial charge >= 0.3 is 0 Å². The first kappa shape index (κ1) is 9.07. The van der Waals surface area contributed by atoms with E-state index in [1.165, 1.54) is 6.92 Å². The molecule has 0 spiro atoms. The fraction of sp³-hybridized carbons (Fsp3) is 0.222. The van der Waals surface area contributed by atoms with Crippen molar-refractivity contribution < 1.29 is 4.79 Å². The van der Waals surface area contributed by atoms with E-state index < -0.39 is 0 Å². The van der Waals surface area contributed by atoms with E-state index in [2.05, 4.69) is 5.32 Å². The molecule has 0 heterocycles. The summed E-state index contributed by atoms with van der Waals surface area (Å²) < 4.78 is 0. The molecule has 0 bridgehead atoms. The molecule has 1 N–H and O–H groups in total. The van der Waals surface area contributed by atoms with Gasteiger partial charge in [-0.05, 0) is 19.1 Å². The van der Waals surface area contributed by atoms with Gasteiger partial charge in [-0.1, -0.05) is 23.7 Å². The minimum absolute atomic E-state index is 0.0925. The Balaban J connectivity index is 2.63. The van der Waals surface area contributed by atoms with Crippen LogP contribution in [0.1, 0.15) is 6.92 Å². The summed E-state index contributed by atoms with van der Waals surface area (Å²) in [6, 6.07) is 7.34. The number of nitrogens with one attached hydrogen (secondary N) is 1. The van der Waals surface area contributed by atoms with Crippen LogP contribution in [0, 0.1) is 0 Å². The number of hydrogen-bond acceptors (Lipinski definition) is 2. The molecule has 64 valence electrons. The van der Waals surface area contributed by atoms with Crippen molar-refractivity contribution in [1.82, 2.24) is 0 Å². The topological polar surface area (TPSA) is 29.1 Å². The Kier molecular flexibility index (Phi) is 3.11. The molecule has 1 rings (SSSR count). The third-order valence-electron chi connectivity index (χ3n) is 1.40. The Morgan fingerprint density at radius 3 is 2.75 bits per heavy atom. The lowest BCUT2D eigenvalue weighted by Gasteiger charge is -2.04. The number of anilines is 1. The van der Waals surface area contributed by atoms with Gasteiger partial charge in [0.2, 0.25) is 0 Å². The van der Waals surface area contributed by atoms with Gasteiger partial charge in [0, 0.05) is 0 Å². The van der Waals surface area contributed by atoms with Crippen LogP contribution in [0.25, 0.3) is 0 Å². The molecule has 0 aromatic heterocycles. The monoisotopic (exact) mass is 183 g/mol. The number of halogens is 1. The van der Waals surface area contributed by atoms with Crippen LogP contribution >= 0.6 is 11.6 Å². The molecule has 3 heteroatoms. The van der Waals surface area contributed by atoms with Crippen molar-refractivity contribution in [3.05, 3.63) is 29.3 Å². The van der Waals surface area contributed by atoms with E-state index in [0.29, 0.717) is 11.6 Å². The first-order valence-corrected chi connectivity index (χ1v) is 4.06. The van der Waals surface area contributed by atoms with Crippen molar-refractivity contribution in [3.63, 3.8) is 0 Å². The smallest absolute Gasteiger partial charge is 0.148 e. The average Bonchev–Trinajstić information content (AvgIpc) is 2.03. The highest BCUT2D eigenvalue weighted by Gasteiger charge is 1.97. The number of hydrogen-bond donors (Lipinski definition) is 1. The minimum atomic E-state index is 0.0925. The normalized spacial score (nSPS) is 9.50. The molecule has 0 aliphatic rings. The second-order valence-corrected chi connectivity index (χ2v) is 2.94. The number of benzene rings is 1. The summed E-state index contributed by atoms with van der Waals surface area (Å²) in [6.45, 7) is 1.85. The summed E-state index contributed by atoms with van der Waals surface area (Å²) in [5.41, 5.74) is 0.800. The van der Waals surface area contributed by atoms with Crippen LogP contribution in [0.3, 0.4) is 0 Å². The Morgan fingerprint density at radius 2 is 2.17 bits per heavy atom. The summed E-state index contributed by atoms with van der Waals surface area (Å²) in [4.78, 5) is 10.6. The number of carbonyl (C=O) groups excluding carboxylic acids is 1. The van der Waals surface area contributed by atoms with E-state index >= 15 is 0 Å². The maximum Gasteiger partial charge on any atom is 0.148 e. The zero-order chi connectivity index (χ0) is 8.97. The molecule has 0 saturated carbocycles. The van der Waals surface area contributed by atoms with Gasteiger partial charge in [-0.2, -0.15) is 0 Å². The Bertz CT molecular complexity index is 286. The molecule has 0 aliphatic heterocycles. The summed E-state index contributed by atoms with van der Waals surface area (Å²) >= 11 is 5.83. The number of para-hydroxylation sites is 1. The summed E-state index contributed by atoms with van der Waals surface area (Å²) in [6.07, 6.45) is 0. The highest BCUT2D eigenvalue weighted by molar-refractivity contribution is 6.33. The van der Waals surface area contributed by atoms with Crippen LogP contribution in [0.5, 0.6) is 0 Å². The molecule has 1 aromatic rings. The zero-order valence-electron chi connectivity index (χ0n) is 6.80. The molecular weight excluding hydrogens is 174 g/mol. The lowest BCUT2D eigenvalue weighted by molar-refractivity contribution is -0.115. The summed E-state index contributed by atoms with van der Waals surface area (Å²) in [7, 11) is 0. The molecule has 1 aromatic carbocycles. The third-order valence-corrected chi connectivity index (χ3v) is 1.73. The van der Waals surface area contributed by atoms with Crippen molar-refractivity contribution in [2.75, 3.05) is 11.9 Å². The van der Waals surface area contributed by atoms with E-state index in [9.17, 15) is 4.79 Å². The standard InChI is InChI=1S/C9H10ClNO/c1-7(12)6-11-9-5-3-2-4-8(9)10/h2-5,11H,6H2,1H3. The van der Waals surface area contributed by atoms with Gasteiger partial charge in [0.25, 0.3) is 0 Å². The van der Waals surface area contributed by atoms with Crippen LogP contribution in [-0.4, -0.2) is 12.3 Å². The molecule has 0 radical (unpaired) electrons. The van der Waals surface area contributed by atoms with Crippen LogP contribution < -0.4 is 5.32 Å². The maximum absolute atomic E-state index is 10.6. The summed E-state index contributed by atoms with van der Waals surface area (Å²) in [5, 5.41) is 3.57. The fourth-order valence-corrected chi connectivity index (χ4v) is 1.03. The third kappa shape index (κ3) is 2.55. The zero-order valence-corrected chi connectivity index (χ0v) is 7.56. The Morgan fingerprint density at radius 1 is 1.50 bits per heavy atom. The van der Waals surface area contributed by atoms with Gasteiger partial charge in [0.15, 0.2) is 0 Å². The van der Waals surface area contributed by atoms with Crippen molar-refractivity contribution >= 4 is 23.1 Å². The molecule has 12 heavy (non-hydrogen) atoms. The predicted molar refractivity (Wildman–Crippen MR) is 50.6 cm³/mol. The minimum Gasteiger partial charge on any atom is -0.377 e. The van der Waals surface area contributed by atoms with Crippen molar-refractivity contribution in [2.24, 2.45) is 0 Å². The van der Waals surface area contributed by atoms with E-state index in [1.807, 2.05) is 18.2 Å². The van der Waals surface area contributed by atoms with Crippen LogP contribution in [0.15, 0.2) is 24.3 Å². The van der Waals surface area contributed by atoms with Gasteiger partial charge < -0.3 is 5.32 Å². The lowest BCUT2D eigenvalue weighted by Crippen LogP contribution is -2.09. The summed E-state index contributed by atoms with van der Waals surface area (Å²) in [5.74, 6) is 0.0925. The molecule has 0 saturated heterocycles. The molecule has 2 nitrogen and oxygen atoms in total. The Hall–Kier alpha value is -1.02. The van der Waals surface area contributed by atoms with Crippen LogP contribution in [0.2, 0.25) is 5.02 Å². The highest BCUT2D eigenvalue weighted by atomic mass is 35.5. The lowest BCUT2D eigenvalue weighted by atomic mass is 10.3. The quantitative estimate of drug-likeness (QED) is 0.780. The highest BCUT2D eigenvalue weighted by Crippen LogP contribution is 2.19. The Labute approximate surface area is 76.5 Å². The first-order valence-electron chi connectivity index (χ1n) is 3.68. The van der Waals surface area contributed by atoms with Crippen LogP contribution in [0.4, 0.5) is 5.69 Å². The molecule has 0 aliphatic carbocycles. The molecule has 0 amide bonds. The number of ketones is 1. The second-order valence-electron chi connectivity index (χ2n) is 2.54. The maximum atomic E-state index is 10.6. The van der Waals surface area contributed by atoms with Crippen LogP contribution in [-0.2, 0) is 4.79 Å². The largest absolute Gasteiger partial charge is 0.377 e. The molecule has 0 fully saturated rings. The van der Waals surface area contributed by atoms with Gasteiger partial charge in [-0.25, -0.2) is 0 Å². The average molecular weight is 184 g/mol. The van der Waals surface area contributed by atoms with Gasteiger partial charge in [0.1, 0.15) is 5.78 Å². The van der Waals surface area contributed by atoms with E-state index in [0.717, 1.165) is 5.69 Å².